The number of carbonyl (C=O) groups is 2. The summed E-state index contributed by atoms with van der Waals surface area (Å²) < 4.78 is 0. The average Bonchev–Trinajstić information content (AvgIpc) is 1.65. The van der Waals surface area contributed by atoms with Crippen LogP contribution in [0.2, 0.25) is 0 Å². The van der Waals surface area contributed by atoms with Crippen molar-refractivity contribution in [1.29, 1.82) is 0 Å². The number of hydrogen-bond acceptors (Lipinski definition) is 2. The first-order valence-corrected chi connectivity index (χ1v) is 2.58. The first-order chi connectivity index (χ1) is 4.00. The van der Waals surface area contributed by atoms with Crippen molar-refractivity contribution in [2.45, 2.75) is 6.92 Å². The lowest BCUT2D eigenvalue weighted by molar-refractivity contribution is -0.134. The van der Waals surface area contributed by atoms with Gasteiger partial charge in [0, 0.05) is 6.92 Å². The topological polar surface area (TPSA) is 80.4 Å². The summed E-state index contributed by atoms with van der Waals surface area (Å²) in [6.45, 7) is 1.31. The van der Waals surface area contributed by atoms with Gasteiger partial charge in [0.2, 0.25) is 5.91 Å². The van der Waals surface area contributed by atoms with Gasteiger partial charge in [-0.05, 0) is 0 Å². The van der Waals surface area contributed by atoms with Crippen LogP contribution >= 0.6 is 11.6 Å². The number of carbonyl (C=O) groups excluding carboxylic acids is 1. The van der Waals surface area contributed by atoms with Crippen LogP contribution in [0.25, 0.3) is 0 Å². The van der Waals surface area contributed by atoms with Crippen molar-refractivity contribution in [1.82, 2.24) is 0 Å². The molecular formula is C4H8ClNO3. The van der Waals surface area contributed by atoms with Gasteiger partial charge in [0.05, 0.1) is 0 Å². The molecule has 0 atom stereocenters. The Balaban J connectivity index is 0. The van der Waals surface area contributed by atoms with Crippen LogP contribution in [0.5, 0.6) is 0 Å². The zero-order chi connectivity index (χ0) is 7.86. The Kier molecular flexibility index (Phi) is 8.90. The van der Waals surface area contributed by atoms with E-state index in [0.717, 1.165) is 0 Å². The predicted octanol–water partition coefficient (Wildman–Crippen LogP) is -0.199. The van der Waals surface area contributed by atoms with E-state index in [-0.39, 0.29) is 11.8 Å². The van der Waals surface area contributed by atoms with E-state index < -0.39 is 5.97 Å². The van der Waals surface area contributed by atoms with Gasteiger partial charge in [0.1, 0.15) is 5.88 Å². The number of halogens is 1. The van der Waals surface area contributed by atoms with Crippen LogP contribution in [0.4, 0.5) is 0 Å². The molecule has 1 amide bonds. The molecule has 4 nitrogen and oxygen atoms in total. The number of rotatable bonds is 1. The second kappa shape index (κ2) is 7.23. The van der Waals surface area contributed by atoms with Crippen molar-refractivity contribution in [3.63, 3.8) is 0 Å². The molecule has 0 aromatic carbocycles. The van der Waals surface area contributed by atoms with Crippen LogP contribution in [0.15, 0.2) is 0 Å². The number of carboxylic acid groups (broad SMARTS) is 1. The smallest absolute Gasteiger partial charge is 0.318 e. The highest BCUT2D eigenvalue weighted by atomic mass is 35.5. The maximum Gasteiger partial charge on any atom is 0.318 e. The minimum Gasteiger partial charge on any atom is -0.480 e. The highest BCUT2D eigenvalue weighted by Crippen LogP contribution is 1.67. The average molecular weight is 154 g/mol. The third kappa shape index (κ3) is 131. The molecule has 0 aliphatic carbocycles. The SMILES string of the molecule is CC(N)=O.O=C(O)CCl. The van der Waals surface area contributed by atoms with Crippen molar-refractivity contribution in [3.8, 4) is 0 Å². The van der Waals surface area contributed by atoms with Gasteiger partial charge in [-0.1, -0.05) is 0 Å². The van der Waals surface area contributed by atoms with Crippen molar-refractivity contribution in [2.75, 3.05) is 5.88 Å². The van der Waals surface area contributed by atoms with Gasteiger partial charge in [-0.2, -0.15) is 0 Å². The molecule has 0 bridgehead atoms. The molecule has 9 heavy (non-hydrogen) atoms. The lowest BCUT2D eigenvalue weighted by atomic mass is 10.8. The monoisotopic (exact) mass is 153 g/mol. The number of carboxylic acids is 1. The molecule has 0 rings (SSSR count). The summed E-state index contributed by atoms with van der Waals surface area (Å²) in [5.74, 6) is -1.62. The van der Waals surface area contributed by atoms with Crippen LogP contribution in [0, 0.1) is 0 Å². The second-order valence-electron chi connectivity index (χ2n) is 1.14. The number of alkyl halides is 1. The third-order valence-corrected chi connectivity index (χ3v) is 0.343. The van der Waals surface area contributed by atoms with Crippen LogP contribution in [-0.2, 0) is 9.59 Å². The van der Waals surface area contributed by atoms with Gasteiger partial charge in [-0.25, -0.2) is 0 Å². The molecule has 0 heterocycles. The van der Waals surface area contributed by atoms with Gasteiger partial charge >= 0.3 is 5.97 Å². The molecule has 0 fully saturated rings. The van der Waals surface area contributed by atoms with Gasteiger partial charge in [0.25, 0.3) is 0 Å². The number of hydrogen-bond donors (Lipinski definition) is 2. The fourth-order valence-corrected chi connectivity index (χ4v) is 0. The summed E-state index contributed by atoms with van der Waals surface area (Å²) in [5.41, 5.74) is 4.47. The Morgan fingerprint density at radius 3 is 1.78 bits per heavy atom. The predicted molar refractivity (Wildman–Crippen MR) is 33.2 cm³/mol. The first-order valence-electron chi connectivity index (χ1n) is 2.04. The number of amides is 1. The lowest BCUT2D eigenvalue weighted by Crippen LogP contribution is -2.01. The Morgan fingerprint density at radius 1 is 1.67 bits per heavy atom. The summed E-state index contributed by atoms with van der Waals surface area (Å²) >= 11 is 4.74. The van der Waals surface area contributed by atoms with E-state index in [0.29, 0.717) is 0 Å². The van der Waals surface area contributed by atoms with E-state index in [1.807, 2.05) is 0 Å². The zero-order valence-corrected chi connectivity index (χ0v) is 5.68. The van der Waals surface area contributed by atoms with E-state index in [2.05, 4.69) is 5.73 Å². The van der Waals surface area contributed by atoms with Crippen LogP contribution < -0.4 is 5.73 Å². The van der Waals surface area contributed by atoms with Crippen LogP contribution in [0.3, 0.4) is 0 Å². The van der Waals surface area contributed by atoms with E-state index in [9.17, 15) is 9.59 Å². The first kappa shape index (κ1) is 11.1. The Hall–Kier alpha value is -0.770. The number of primary amides is 1. The highest BCUT2D eigenvalue weighted by molar-refractivity contribution is 6.26. The molecule has 0 spiro atoms. The summed E-state index contributed by atoms with van der Waals surface area (Å²) in [6, 6.07) is 0. The fraction of sp³-hybridized carbons (Fsp3) is 0.500. The molecular weight excluding hydrogens is 146 g/mol. The molecule has 0 aromatic heterocycles. The van der Waals surface area contributed by atoms with Crippen molar-refractivity contribution < 1.29 is 14.7 Å². The molecule has 0 aromatic rings. The minimum absolute atomic E-state index is 0.306. The molecule has 0 saturated heterocycles. The summed E-state index contributed by atoms with van der Waals surface area (Å²) in [5, 5.41) is 7.59. The van der Waals surface area contributed by atoms with Crippen molar-refractivity contribution in [3.05, 3.63) is 0 Å². The van der Waals surface area contributed by atoms with Crippen LogP contribution in [-0.4, -0.2) is 22.9 Å². The minimum atomic E-state index is -0.980. The van der Waals surface area contributed by atoms with E-state index in [4.69, 9.17) is 16.7 Å². The maximum absolute atomic E-state index is 9.24. The molecule has 54 valence electrons. The fourth-order valence-electron chi connectivity index (χ4n) is 0. The molecule has 0 aliphatic heterocycles. The largest absolute Gasteiger partial charge is 0.480 e. The van der Waals surface area contributed by atoms with Crippen LogP contribution in [0.1, 0.15) is 6.92 Å². The number of aliphatic carboxylic acids is 1. The maximum atomic E-state index is 9.24. The quantitative estimate of drug-likeness (QED) is 0.512. The van der Waals surface area contributed by atoms with E-state index in [1.54, 1.807) is 0 Å². The molecule has 0 aliphatic rings. The Labute approximate surface area is 57.6 Å². The standard InChI is InChI=1S/C2H3ClO2.C2H5NO/c3-1-2(4)5;1-2(3)4/h1H2,(H,4,5);1H3,(H2,3,4). The lowest BCUT2D eigenvalue weighted by Gasteiger charge is -1.69. The van der Waals surface area contributed by atoms with Gasteiger partial charge < -0.3 is 10.8 Å². The van der Waals surface area contributed by atoms with Gasteiger partial charge in [-0.3, -0.25) is 9.59 Å². The van der Waals surface area contributed by atoms with Gasteiger partial charge in [-0.15, -0.1) is 11.6 Å². The highest BCUT2D eigenvalue weighted by Gasteiger charge is 1.83. The molecule has 3 N–H and O–H groups in total. The molecule has 0 saturated carbocycles. The van der Waals surface area contributed by atoms with E-state index >= 15 is 0 Å². The second-order valence-corrected chi connectivity index (χ2v) is 1.41. The third-order valence-electron chi connectivity index (χ3n) is 0.114. The number of nitrogens with two attached hydrogens (primary N) is 1. The van der Waals surface area contributed by atoms with Crippen molar-refractivity contribution in [2.24, 2.45) is 5.73 Å². The Bertz CT molecular complexity index is 100.0. The Morgan fingerprint density at radius 2 is 1.78 bits per heavy atom. The van der Waals surface area contributed by atoms with Crippen molar-refractivity contribution >= 4 is 23.5 Å². The molecule has 0 radical (unpaired) electrons. The summed E-state index contributed by atoms with van der Waals surface area (Å²) in [6.07, 6.45) is 0. The van der Waals surface area contributed by atoms with Gasteiger partial charge in [0.15, 0.2) is 0 Å². The summed E-state index contributed by atoms with van der Waals surface area (Å²) in [7, 11) is 0. The summed E-state index contributed by atoms with van der Waals surface area (Å²) in [4.78, 5) is 18.5. The molecule has 5 heteroatoms. The zero-order valence-electron chi connectivity index (χ0n) is 4.93. The molecule has 0 unspecified atom stereocenters. The normalized spacial score (nSPS) is 6.89. The van der Waals surface area contributed by atoms with E-state index in [1.165, 1.54) is 6.92 Å².